The Kier molecular flexibility index (Phi) is 5.03. The summed E-state index contributed by atoms with van der Waals surface area (Å²) in [6.07, 6.45) is 0.985. The first-order valence-corrected chi connectivity index (χ1v) is 8.80. The Morgan fingerprint density at radius 3 is 2.48 bits per heavy atom. The average Bonchev–Trinajstić information content (AvgIpc) is 2.62. The lowest BCUT2D eigenvalue weighted by atomic mass is 10.1. The van der Waals surface area contributed by atoms with E-state index in [0.717, 1.165) is 23.2 Å². The number of aryl methyl sites for hydroxylation is 1. The minimum atomic E-state index is 0.131. The van der Waals surface area contributed by atoms with E-state index in [1.807, 2.05) is 13.8 Å². The molecule has 0 aliphatic carbocycles. The van der Waals surface area contributed by atoms with Gasteiger partial charge in [0.1, 0.15) is 0 Å². The van der Waals surface area contributed by atoms with Gasteiger partial charge in [0.15, 0.2) is 0 Å². The third kappa shape index (κ3) is 3.66. The van der Waals surface area contributed by atoms with Crippen molar-refractivity contribution < 1.29 is 0 Å². The second-order valence-electron chi connectivity index (χ2n) is 6.44. The van der Waals surface area contributed by atoms with Gasteiger partial charge in [-0.15, -0.1) is 0 Å². The van der Waals surface area contributed by atoms with Crippen LogP contribution in [-0.4, -0.2) is 12.0 Å². The van der Waals surface area contributed by atoms with E-state index in [-0.39, 0.29) is 6.04 Å². The highest BCUT2D eigenvalue weighted by Gasteiger charge is 2.17. The summed E-state index contributed by atoms with van der Waals surface area (Å²) >= 11 is 0. The highest BCUT2D eigenvalue weighted by Crippen LogP contribution is 2.32. The summed E-state index contributed by atoms with van der Waals surface area (Å²) in [6, 6.07) is 23.3. The van der Waals surface area contributed by atoms with Crippen LogP contribution in [0.25, 0.3) is 10.8 Å². The van der Waals surface area contributed by atoms with Crippen molar-refractivity contribution in [2.24, 2.45) is 10.7 Å². The number of benzene rings is 3. The lowest BCUT2D eigenvalue weighted by Gasteiger charge is -2.26. The smallest absolute Gasteiger partial charge is 0.200 e. The molecule has 0 aliphatic rings. The molecule has 0 bridgehead atoms. The zero-order chi connectivity index (χ0) is 17.8. The number of anilines is 2. The standard InChI is InChI=1S/C22H25N3/c1-4-17-9-7-12-19(15-17)25(22(23)24-16(2)3)21-14-8-11-18-10-5-6-13-20(18)21/h5-16H,4H2,1-3H3,(H2,23,24). The van der Waals surface area contributed by atoms with Gasteiger partial charge < -0.3 is 5.73 Å². The minimum Gasteiger partial charge on any atom is -0.369 e. The van der Waals surface area contributed by atoms with Crippen LogP contribution in [0.15, 0.2) is 71.7 Å². The Hall–Kier alpha value is -2.81. The fourth-order valence-electron chi connectivity index (χ4n) is 3.04. The van der Waals surface area contributed by atoms with Crippen LogP contribution in [0.1, 0.15) is 26.3 Å². The van der Waals surface area contributed by atoms with Crippen molar-refractivity contribution in [1.29, 1.82) is 0 Å². The van der Waals surface area contributed by atoms with Crippen LogP contribution >= 0.6 is 0 Å². The summed E-state index contributed by atoms with van der Waals surface area (Å²) < 4.78 is 0. The first-order chi connectivity index (χ1) is 12.1. The van der Waals surface area contributed by atoms with Gasteiger partial charge in [-0.1, -0.05) is 55.5 Å². The number of guanidine groups is 1. The van der Waals surface area contributed by atoms with Crippen LogP contribution in [0.4, 0.5) is 11.4 Å². The lowest BCUT2D eigenvalue weighted by molar-refractivity contribution is 0.830. The van der Waals surface area contributed by atoms with Crippen LogP contribution in [0, 0.1) is 0 Å². The lowest BCUT2D eigenvalue weighted by Crippen LogP contribution is -2.34. The van der Waals surface area contributed by atoms with Crippen LogP contribution in [-0.2, 0) is 6.42 Å². The molecule has 25 heavy (non-hydrogen) atoms. The van der Waals surface area contributed by atoms with Gasteiger partial charge in [0.2, 0.25) is 5.96 Å². The highest BCUT2D eigenvalue weighted by molar-refractivity contribution is 6.09. The van der Waals surface area contributed by atoms with E-state index in [1.54, 1.807) is 0 Å². The second-order valence-corrected chi connectivity index (χ2v) is 6.44. The van der Waals surface area contributed by atoms with Crippen molar-refractivity contribution in [3.63, 3.8) is 0 Å². The highest BCUT2D eigenvalue weighted by atomic mass is 15.3. The van der Waals surface area contributed by atoms with Gasteiger partial charge in [0, 0.05) is 17.1 Å². The molecule has 3 heteroatoms. The topological polar surface area (TPSA) is 41.6 Å². The third-order valence-corrected chi connectivity index (χ3v) is 4.20. The molecule has 0 saturated carbocycles. The van der Waals surface area contributed by atoms with E-state index in [0.29, 0.717) is 5.96 Å². The van der Waals surface area contributed by atoms with Gasteiger partial charge in [-0.05, 0) is 49.4 Å². The molecule has 0 unspecified atom stereocenters. The predicted molar refractivity (Wildman–Crippen MR) is 109 cm³/mol. The predicted octanol–water partition coefficient (Wildman–Crippen LogP) is 5.26. The van der Waals surface area contributed by atoms with Gasteiger partial charge in [-0.3, -0.25) is 4.90 Å². The molecule has 0 amide bonds. The molecule has 0 heterocycles. The summed E-state index contributed by atoms with van der Waals surface area (Å²) in [5.41, 5.74) is 9.81. The molecule has 0 radical (unpaired) electrons. The number of nitrogens with zero attached hydrogens (tertiary/aromatic N) is 2. The van der Waals surface area contributed by atoms with Crippen LogP contribution in [0.5, 0.6) is 0 Å². The molecule has 128 valence electrons. The van der Waals surface area contributed by atoms with E-state index < -0.39 is 0 Å². The SMILES string of the molecule is CCc1cccc(N(C(N)=NC(C)C)c2cccc3ccccc23)c1. The summed E-state index contributed by atoms with van der Waals surface area (Å²) in [5.74, 6) is 0.514. The maximum absolute atomic E-state index is 6.44. The molecule has 3 rings (SSSR count). The summed E-state index contributed by atoms with van der Waals surface area (Å²) in [5, 5.41) is 2.35. The maximum Gasteiger partial charge on any atom is 0.200 e. The Morgan fingerprint density at radius 1 is 1.00 bits per heavy atom. The average molecular weight is 331 g/mol. The second kappa shape index (κ2) is 7.39. The monoisotopic (exact) mass is 331 g/mol. The van der Waals surface area contributed by atoms with E-state index in [9.17, 15) is 0 Å². The van der Waals surface area contributed by atoms with Crippen LogP contribution in [0.3, 0.4) is 0 Å². The molecule has 0 atom stereocenters. The van der Waals surface area contributed by atoms with E-state index >= 15 is 0 Å². The van der Waals surface area contributed by atoms with Crippen LogP contribution in [0.2, 0.25) is 0 Å². The number of hydrogen-bond donors (Lipinski definition) is 1. The van der Waals surface area contributed by atoms with Crippen LogP contribution < -0.4 is 10.6 Å². The molecule has 0 aliphatic heterocycles. The van der Waals surface area contributed by atoms with Crippen molar-refractivity contribution in [1.82, 2.24) is 0 Å². The summed E-state index contributed by atoms with van der Waals surface area (Å²) in [7, 11) is 0. The number of fused-ring (bicyclic) bond motifs is 1. The largest absolute Gasteiger partial charge is 0.369 e. The Bertz CT molecular complexity index is 891. The van der Waals surface area contributed by atoms with E-state index in [2.05, 4.69) is 83.5 Å². The van der Waals surface area contributed by atoms with Crippen molar-refractivity contribution in [3.05, 3.63) is 72.3 Å². The number of aliphatic imine (C=N–C) groups is 1. The maximum atomic E-state index is 6.44. The van der Waals surface area contributed by atoms with Gasteiger partial charge in [-0.2, -0.15) is 0 Å². The van der Waals surface area contributed by atoms with Gasteiger partial charge in [-0.25, -0.2) is 4.99 Å². The number of rotatable bonds is 4. The van der Waals surface area contributed by atoms with Gasteiger partial charge in [0.05, 0.1) is 5.69 Å². The van der Waals surface area contributed by atoms with Crippen molar-refractivity contribution in [2.75, 3.05) is 4.90 Å². The quantitative estimate of drug-likeness (QED) is 0.523. The summed E-state index contributed by atoms with van der Waals surface area (Å²) in [6.45, 7) is 6.24. The minimum absolute atomic E-state index is 0.131. The number of nitrogens with two attached hydrogens (primary N) is 1. The zero-order valence-electron chi connectivity index (χ0n) is 15.1. The number of hydrogen-bond acceptors (Lipinski definition) is 1. The Balaban J connectivity index is 2.23. The van der Waals surface area contributed by atoms with Crippen molar-refractivity contribution >= 4 is 28.1 Å². The third-order valence-electron chi connectivity index (χ3n) is 4.20. The molecule has 2 N–H and O–H groups in total. The molecule has 3 nitrogen and oxygen atoms in total. The first kappa shape index (κ1) is 17.0. The van der Waals surface area contributed by atoms with Gasteiger partial charge >= 0.3 is 0 Å². The molecule has 0 fully saturated rings. The van der Waals surface area contributed by atoms with Gasteiger partial charge in [0.25, 0.3) is 0 Å². The van der Waals surface area contributed by atoms with E-state index in [1.165, 1.54) is 10.9 Å². The normalized spacial score (nSPS) is 11.9. The molecular formula is C22H25N3. The first-order valence-electron chi connectivity index (χ1n) is 8.80. The molecule has 0 spiro atoms. The molecule has 0 aromatic heterocycles. The van der Waals surface area contributed by atoms with Crippen molar-refractivity contribution in [3.8, 4) is 0 Å². The molecule has 3 aromatic rings. The Labute approximate surface area is 149 Å². The van der Waals surface area contributed by atoms with Crippen molar-refractivity contribution in [2.45, 2.75) is 33.2 Å². The zero-order valence-corrected chi connectivity index (χ0v) is 15.1. The fourth-order valence-corrected chi connectivity index (χ4v) is 3.04. The Morgan fingerprint density at radius 2 is 1.72 bits per heavy atom. The summed E-state index contributed by atoms with van der Waals surface area (Å²) in [4.78, 5) is 6.67. The fraction of sp³-hybridized carbons (Fsp3) is 0.227. The molecule has 3 aromatic carbocycles. The molecule has 0 saturated heterocycles. The molecular weight excluding hydrogens is 306 g/mol. The van der Waals surface area contributed by atoms with E-state index in [4.69, 9.17) is 5.73 Å².